The van der Waals surface area contributed by atoms with E-state index in [2.05, 4.69) is 18.7 Å². The highest BCUT2D eigenvalue weighted by Gasteiger charge is 2.46. The first-order valence-electron chi connectivity index (χ1n) is 11.9. The van der Waals surface area contributed by atoms with Gasteiger partial charge in [0.15, 0.2) is 0 Å². The molecule has 7 nitrogen and oxygen atoms in total. The molecule has 1 aliphatic rings. The van der Waals surface area contributed by atoms with Crippen LogP contribution >= 0.6 is 11.6 Å². The summed E-state index contributed by atoms with van der Waals surface area (Å²) in [7, 11) is 1.56. The van der Waals surface area contributed by atoms with Gasteiger partial charge in [-0.1, -0.05) is 37.6 Å². The van der Waals surface area contributed by atoms with Crippen molar-refractivity contribution in [3.8, 4) is 11.5 Å². The lowest BCUT2D eigenvalue weighted by Crippen LogP contribution is -2.33. The van der Waals surface area contributed by atoms with Gasteiger partial charge in [0.2, 0.25) is 0 Å². The first-order valence-corrected chi connectivity index (χ1v) is 12.3. The van der Waals surface area contributed by atoms with E-state index in [4.69, 9.17) is 21.1 Å². The highest BCUT2D eigenvalue weighted by molar-refractivity contribution is 6.46. The molecule has 1 fully saturated rings. The molecule has 0 saturated carbocycles. The number of carbonyl (C=O) groups is 2. The Kier molecular flexibility index (Phi) is 9.18. The van der Waals surface area contributed by atoms with Gasteiger partial charge in [0.1, 0.15) is 17.3 Å². The number of aliphatic hydroxyl groups excluding tert-OH is 1. The molecule has 0 aromatic heterocycles. The number of methoxy groups -OCH3 is 1. The van der Waals surface area contributed by atoms with E-state index < -0.39 is 17.7 Å². The second kappa shape index (κ2) is 12.1. The summed E-state index contributed by atoms with van der Waals surface area (Å²) >= 11 is 6.33. The van der Waals surface area contributed by atoms with Gasteiger partial charge in [0.05, 0.1) is 30.4 Å². The van der Waals surface area contributed by atoms with Crippen molar-refractivity contribution < 1.29 is 24.2 Å². The lowest BCUT2D eigenvalue weighted by Gasteiger charge is -2.27. The number of carbonyl (C=O) groups excluding carboxylic acids is 2. The van der Waals surface area contributed by atoms with Crippen molar-refractivity contribution in [2.75, 3.05) is 39.9 Å². The lowest BCUT2D eigenvalue weighted by atomic mass is 9.95. The molecule has 3 rings (SSSR count). The molecule has 35 heavy (non-hydrogen) atoms. The van der Waals surface area contributed by atoms with E-state index in [-0.39, 0.29) is 11.3 Å². The second-order valence-corrected chi connectivity index (χ2v) is 8.63. The first kappa shape index (κ1) is 26.6. The number of benzene rings is 2. The number of halogens is 1. The van der Waals surface area contributed by atoms with E-state index in [1.807, 2.05) is 13.0 Å². The van der Waals surface area contributed by atoms with Crippen LogP contribution in [0.25, 0.3) is 5.76 Å². The fourth-order valence-electron chi connectivity index (χ4n) is 4.35. The normalized spacial score (nSPS) is 17.3. The molecule has 8 heteroatoms. The van der Waals surface area contributed by atoms with Crippen LogP contribution in [0.4, 0.5) is 0 Å². The summed E-state index contributed by atoms with van der Waals surface area (Å²) in [5.41, 5.74) is 1.06. The fourth-order valence-corrected chi connectivity index (χ4v) is 4.58. The Hall–Kier alpha value is -3.03. The summed E-state index contributed by atoms with van der Waals surface area (Å²) in [5.74, 6) is -0.543. The van der Waals surface area contributed by atoms with E-state index in [1.54, 1.807) is 42.3 Å². The van der Waals surface area contributed by atoms with Gasteiger partial charge in [-0.05, 0) is 68.9 Å². The summed E-state index contributed by atoms with van der Waals surface area (Å²) in [4.78, 5) is 30.2. The maximum absolute atomic E-state index is 13.2. The number of amides is 1. The molecule has 2 aromatic rings. The monoisotopic (exact) mass is 500 g/mol. The number of aliphatic hydroxyl groups is 1. The van der Waals surface area contributed by atoms with Crippen molar-refractivity contribution in [3.05, 3.63) is 64.2 Å². The minimum Gasteiger partial charge on any atom is -0.507 e. The molecule has 188 valence electrons. The van der Waals surface area contributed by atoms with Crippen LogP contribution in [0.1, 0.15) is 44.4 Å². The van der Waals surface area contributed by atoms with Gasteiger partial charge < -0.3 is 24.4 Å². The average molecular weight is 501 g/mol. The van der Waals surface area contributed by atoms with Crippen molar-refractivity contribution >= 4 is 29.1 Å². The van der Waals surface area contributed by atoms with E-state index in [0.717, 1.165) is 19.6 Å². The van der Waals surface area contributed by atoms with Crippen LogP contribution in [-0.4, -0.2) is 66.5 Å². The van der Waals surface area contributed by atoms with Crippen LogP contribution in [-0.2, 0) is 9.59 Å². The van der Waals surface area contributed by atoms with Crippen molar-refractivity contribution in [2.24, 2.45) is 0 Å². The fraction of sp³-hybridized carbons (Fsp3) is 0.407. The zero-order valence-corrected chi connectivity index (χ0v) is 21.5. The quantitative estimate of drug-likeness (QED) is 0.268. The van der Waals surface area contributed by atoms with Gasteiger partial charge in [-0.3, -0.25) is 9.59 Å². The second-order valence-electron chi connectivity index (χ2n) is 8.23. The minimum absolute atomic E-state index is 0.0336. The Balaban J connectivity index is 2.06. The number of hydrogen-bond donors (Lipinski definition) is 1. The van der Waals surface area contributed by atoms with Gasteiger partial charge in [0.25, 0.3) is 11.7 Å². The number of nitrogens with zero attached hydrogens (tertiary/aromatic N) is 2. The highest BCUT2D eigenvalue weighted by Crippen LogP contribution is 2.41. The van der Waals surface area contributed by atoms with Crippen LogP contribution in [0.5, 0.6) is 11.5 Å². The number of ether oxygens (including phenoxy) is 2. The third kappa shape index (κ3) is 5.80. The van der Waals surface area contributed by atoms with Crippen molar-refractivity contribution in [2.45, 2.75) is 33.2 Å². The Morgan fingerprint density at radius 2 is 1.86 bits per heavy atom. The number of Topliss-reactive ketones (excluding diaryl/α,β-unsaturated/α-hetero) is 1. The Morgan fingerprint density at radius 3 is 2.49 bits per heavy atom. The van der Waals surface area contributed by atoms with Gasteiger partial charge in [0, 0.05) is 12.1 Å². The number of likely N-dealkylation sites (tertiary alicyclic amines) is 1. The molecule has 1 heterocycles. The highest BCUT2D eigenvalue weighted by atomic mass is 35.5. The van der Waals surface area contributed by atoms with Crippen molar-refractivity contribution in [1.29, 1.82) is 0 Å². The molecule has 0 aliphatic carbocycles. The molecular formula is C27H33ClN2O5. The van der Waals surface area contributed by atoms with E-state index in [0.29, 0.717) is 47.2 Å². The first-order chi connectivity index (χ1) is 16.9. The summed E-state index contributed by atoms with van der Waals surface area (Å²) in [6.07, 6.45) is 0.699. The molecular weight excluding hydrogens is 468 g/mol. The largest absolute Gasteiger partial charge is 0.507 e. The Bertz CT molecular complexity index is 1100. The molecule has 0 radical (unpaired) electrons. The van der Waals surface area contributed by atoms with E-state index >= 15 is 0 Å². The number of rotatable bonds is 11. The predicted molar refractivity (Wildman–Crippen MR) is 137 cm³/mol. The third-order valence-corrected chi connectivity index (χ3v) is 6.52. The topological polar surface area (TPSA) is 79.3 Å². The zero-order chi connectivity index (χ0) is 25.5. The SMILES string of the molecule is CCOc1ccc(/C(O)=C2\C(=O)C(=O)N(CCCN(CC)CC)C2c2cccc(OC)c2)cc1Cl. The molecule has 1 saturated heterocycles. The van der Waals surface area contributed by atoms with Crippen LogP contribution in [0, 0.1) is 0 Å². The van der Waals surface area contributed by atoms with Crippen LogP contribution in [0.3, 0.4) is 0 Å². The Labute approximate surface area is 211 Å². The maximum atomic E-state index is 13.2. The minimum atomic E-state index is -0.743. The molecule has 2 aromatic carbocycles. The van der Waals surface area contributed by atoms with Crippen LogP contribution in [0.2, 0.25) is 5.02 Å². The standard InChI is InChI=1S/C27H33ClN2O5/c1-5-29(6-2)14-9-15-30-24(18-10-8-11-20(16-18)34-4)23(26(32)27(30)33)25(31)19-12-13-22(35-7-3)21(28)17-19/h8,10-13,16-17,24,31H,5-7,9,14-15H2,1-4H3/b25-23+. The summed E-state index contributed by atoms with van der Waals surface area (Å²) in [6.45, 7) is 9.47. The smallest absolute Gasteiger partial charge is 0.295 e. The van der Waals surface area contributed by atoms with Crippen molar-refractivity contribution in [3.63, 3.8) is 0 Å². The summed E-state index contributed by atoms with van der Waals surface area (Å²) in [5, 5.41) is 11.6. The van der Waals surface area contributed by atoms with E-state index in [1.165, 1.54) is 6.07 Å². The Morgan fingerprint density at radius 1 is 1.11 bits per heavy atom. The molecule has 0 bridgehead atoms. The average Bonchev–Trinajstić information content (AvgIpc) is 3.12. The van der Waals surface area contributed by atoms with Crippen LogP contribution in [0.15, 0.2) is 48.0 Å². The number of ketones is 1. The molecule has 1 N–H and O–H groups in total. The molecule has 0 spiro atoms. The van der Waals surface area contributed by atoms with Gasteiger partial charge >= 0.3 is 0 Å². The summed E-state index contributed by atoms with van der Waals surface area (Å²) in [6, 6.07) is 11.3. The molecule has 1 aliphatic heterocycles. The lowest BCUT2D eigenvalue weighted by molar-refractivity contribution is -0.140. The number of hydrogen-bond acceptors (Lipinski definition) is 6. The van der Waals surface area contributed by atoms with Crippen molar-refractivity contribution in [1.82, 2.24) is 9.80 Å². The predicted octanol–water partition coefficient (Wildman–Crippen LogP) is 4.90. The van der Waals surface area contributed by atoms with Gasteiger partial charge in [-0.2, -0.15) is 0 Å². The molecule has 1 amide bonds. The summed E-state index contributed by atoms with van der Waals surface area (Å²) < 4.78 is 10.8. The third-order valence-electron chi connectivity index (χ3n) is 6.22. The maximum Gasteiger partial charge on any atom is 0.295 e. The molecule has 1 unspecified atom stereocenters. The van der Waals surface area contributed by atoms with Gasteiger partial charge in [-0.15, -0.1) is 0 Å². The van der Waals surface area contributed by atoms with Crippen LogP contribution < -0.4 is 9.47 Å². The van der Waals surface area contributed by atoms with Gasteiger partial charge in [-0.25, -0.2) is 0 Å². The van der Waals surface area contributed by atoms with E-state index in [9.17, 15) is 14.7 Å². The molecule has 1 atom stereocenters. The zero-order valence-electron chi connectivity index (χ0n) is 20.7.